The van der Waals surface area contributed by atoms with Gasteiger partial charge in [-0.15, -0.1) is 11.3 Å². The fourth-order valence-corrected chi connectivity index (χ4v) is 3.92. The molecule has 0 fully saturated rings. The number of thiazole rings is 1. The van der Waals surface area contributed by atoms with Crippen molar-refractivity contribution in [1.29, 1.82) is 0 Å². The van der Waals surface area contributed by atoms with Crippen LogP contribution in [-0.4, -0.2) is 33.9 Å². The fraction of sp³-hybridized carbons (Fsp3) is 0.400. The number of nitrogens with zero attached hydrogens (tertiary/aromatic N) is 2. The zero-order chi connectivity index (χ0) is 15.9. The molecule has 1 N–H and O–H groups in total. The van der Waals surface area contributed by atoms with Gasteiger partial charge in [0.2, 0.25) is 0 Å². The van der Waals surface area contributed by atoms with Gasteiger partial charge in [0.15, 0.2) is 5.76 Å². The van der Waals surface area contributed by atoms with Gasteiger partial charge in [-0.3, -0.25) is 4.79 Å². The minimum absolute atomic E-state index is 0.0188. The van der Waals surface area contributed by atoms with Crippen molar-refractivity contribution in [3.8, 4) is 0 Å². The maximum absolute atomic E-state index is 12.5. The number of carbonyl (C=O) groups excluding carboxylic acids is 1. The first-order valence-electron chi connectivity index (χ1n) is 7.02. The Morgan fingerprint density at radius 3 is 2.95 bits per heavy atom. The molecule has 1 unspecified atom stereocenters. The van der Waals surface area contributed by atoms with Crippen molar-refractivity contribution in [2.24, 2.45) is 0 Å². The van der Waals surface area contributed by atoms with Gasteiger partial charge in [-0.25, -0.2) is 9.78 Å². The summed E-state index contributed by atoms with van der Waals surface area (Å²) >= 11 is 1.62. The fourth-order valence-electron chi connectivity index (χ4n) is 2.76. The molecule has 116 valence electrons. The second-order valence-electron chi connectivity index (χ2n) is 5.37. The van der Waals surface area contributed by atoms with Crippen molar-refractivity contribution in [1.82, 2.24) is 9.88 Å². The van der Waals surface area contributed by atoms with Crippen LogP contribution in [0.25, 0.3) is 0 Å². The summed E-state index contributed by atoms with van der Waals surface area (Å²) in [6.07, 6.45) is 3.90. The maximum Gasteiger partial charge on any atom is 0.338 e. The van der Waals surface area contributed by atoms with Gasteiger partial charge >= 0.3 is 5.97 Å². The lowest BCUT2D eigenvalue weighted by atomic mass is 9.97. The lowest BCUT2D eigenvalue weighted by Gasteiger charge is -2.30. The topological polar surface area (TPSA) is 83.6 Å². The van der Waals surface area contributed by atoms with E-state index < -0.39 is 5.97 Å². The highest BCUT2D eigenvalue weighted by Crippen LogP contribution is 2.37. The van der Waals surface area contributed by atoms with Gasteiger partial charge in [0.1, 0.15) is 6.26 Å². The van der Waals surface area contributed by atoms with Crippen molar-refractivity contribution in [3.05, 3.63) is 39.2 Å². The highest BCUT2D eigenvalue weighted by Gasteiger charge is 2.31. The summed E-state index contributed by atoms with van der Waals surface area (Å²) in [5.74, 6) is -1.37. The van der Waals surface area contributed by atoms with Crippen LogP contribution in [0.15, 0.2) is 16.7 Å². The molecular weight excluding hydrogens is 304 g/mol. The van der Waals surface area contributed by atoms with Crippen LogP contribution < -0.4 is 0 Å². The highest BCUT2D eigenvalue weighted by atomic mass is 32.1. The molecule has 0 aliphatic heterocycles. The molecule has 3 rings (SSSR count). The third-order valence-corrected chi connectivity index (χ3v) is 4.99. The molecule has 0 bridgehead atoms. The number of hydrogen-bond donors (Lipinski definition) is 1. The summed E-state index contributed by atoms with van der Waals surface area (Å²) < 4.78 is 5.11. The quantitative estimate of drug-likeness (QED) is 0.940. The normalized spacial score (nSPS) is 17.1. The molecule has 0 saturated heterocycles. The molecule has 6 nitrogen and oxygen atoms in total. The Morgan fingerprint density at radius 2 is 2.27 bits per heavy atom. The minimum atomic E-state index is -1.11. The van der Waals surface area contributed by atoms with Crippen LogP contribution in [0, 0.1) is 6.92 Å². The Kier molecular flexibility index (Phi) is 3.74. The van der Waals surface area contributed by atoms with E-state index >= 15 is 0 Å². The van der Waals surface area contributed by atoms with Gasteiger partial charge in [-0.1, -0.05) is 0 Å². The van der Waals surface area contributed by atoms with E-state index in [1.165, 1.54) is 6.07 Å². The number of carbonyl (C=O) groups is 2. The van der Waals surface area contributed by atoms with Gasteiger partial charge in [-0.2, -0.15) is 0 Å². The van der Waals surface area contributed by atoms with Crippen LogP contribution in [0.1, 0.15) is 55.4 Å². The number of aromatic nitrogens is 1. The molecule has 0 spiro atoms. The van der Waals surface area contributed by atoms with E-state index in [4.69, 9.17) is 9.52 Å². The molecule has 1 aliphatic carbocycles. The van der Waals surface area contributed by atoms with E-state index in [1.54, 1.807) is 23.3 Å². The third kappa shape index (κ3) is 2.52. The molecule has 2 heterocycles. The van der Waals surface area contributed by atoms with E-state index in [0.29, 0.717) is 0 Å². The molecule has 2 aromatic rings. The number of furan rings is 1. The smallest absolute Gasteiger partial charge is 0.338 e. The van der Waals surface area contributed by atoms with Crippen molar-refractivity contribution in [2.45, 2.75) is 32.2 Å². The lowest BCUT2D eigenvalue weighted by molar-refractivity contribution is 0.0681. The van der Waals surface area contributed by atoms with Crippen molar-refractivity contribution in [3.63, 3.8) is 0 Å². The van der Waals surface area contributed by atoms with Crippen molar-refractivity contribution >= 4 is 23.2 Å². The average molecular weight is 320 g/mol. The molecule has 0 aromatic carbocycles. The van der Waals surface area contributed by atoms with E-state index in [9.17, 15) is 9.59 Å². The summed E-state index contributed by atoms with van der Waals surface area (Å²) in [6, 6.07) is 1.24. The molecule has 0 saturated carbocycles. The number of fused-ring (bicyclic) bond motifs is 1. The molecule has 7 heteroatoms. The highest BCUT2D eigenvalue weighted by molar-refractivity contribution is 7.11. The Labute approximate surface area is 131 Å². The summed E-state index contributed by atoms with van der Waals surface area (Å²) in [4.78, 5) is 30.7. The Balaban J connectivity index is 1.85. The zero-order valence-electron chi connectivity index (χ0n) is 12.3. The number of amides is 1. The van der Waals surface area contributed by atoms with Gasteiger partial charge < -0.3 is 14.4 Å². The number of carboxylic acid groups (broad SMARTS) is 1. The first-order chi connectivity index (χ1) is 10.5. The number of aromatic carboxylic acids is 1. The molecule has 1 atom stereocenters. The standard InChI is InChI=1S/C15H16N2O4S/c1-8-16-10-4-3-5-11(13(10)22-8)17(2)14(18)12-6-9(7-21-12)15(19)20/h6-7,11H,3-5H2,1-2H3,(H,19,20). The Hall–Kier alpha value is -2.15. The first-order valence-corrected chi connectivity index (χ1v) is 7.84. The maximum atomic E-state index is 12.5. The van der Waals surface area contributed by atoms with E-state index in [-0.39, 0.29) is 23.3 Å². The minimum Gasteiger partial charge on any atom is -0.478 e. The monoisotopic (exact) mass is 320 g/mol. The van der Waals surface area contributed by atoms with Gasteiger partial charge in [0, 0.05) is 13.1 Å². The summed E-state index contributed by atoms with van der Waals surface area (Å²) in [5.41, 5.74) is 1.05. The van der Waals surface area contributed by atoms with Gasteiger partial charge in [0.25, 0.3) is 5.91 Å². The van der Waals surface area contributed by atoms with E-state index in [1.807, 2.05) is 6.92 Å². The first kappa shape index (κ1) is 14.8. The van der Waals surface area contributed by atoms with E-state index in [2.05, 4.69) is 4.98 Å². The van der Waals surface area contributed by atoms with Crippen LogP contribution in [0.4, 0.5) is 0 Å². The van der Waals surface area contributed by atoms with Crippen molar-refractivity contribution < 1.29 is 19.1 Å². The number of aryl methyl sites for hydroxylation is 2. The van der Waals surface area contributed by atoms with Crippen molar-refractivity contribution in [2.75, 3.05) is 7.05 Å². The second-order valence-corrected chi connectivity index (χ2v) is 6.61. The van der Waals surface area contributed by atoms with Gasteiger partial charge in [0.05, 0.1) is 27.2 Å². The van der Waals surface area contributed by atoms with Crippen LogP contribution in [0.3, 0.4) is 0 Å². The number of carboxylic acids is 1. The van der Waals surface area contributed by atoms with Gasteiger partial charge in [-0.05, 0) is 26.2 Å². The predicted octanol–water partition coefficient (Wildman–Crippen LogP) is 2.89. The Bertz CT molecular complexity index is 734. The summed E-state index contributed by atoms with van der Waals surface area (Å²) in [7, 11) is 1.72. The summed E-state index contributed by atoms with van der Waals surface area (Å²) in [5, 5.41) is 9.91. The molecule has 1 amide bonds. The van der Waals surface area contributed by atoms with Crippen LogP contribution in [0.2, 0.25) is 0 Å². The molecule has 0 radical (unpaired) electrons. The lowest BCUT2D eigenvalue weighted by Crippen LogP contribution is -2.32. The molecule has 1 aliphatic rings. The number of rotatable bonds is 3. The Morgan fingerprint density at radius 1 is 1.50 bits per heavy atom. The average Bonchev–Trinajstić information content (AvgIpc) is 3.10. The van der Waals surface area contributed by atoms with E-state index in [0.717, 1.165) is 41.1 Å². The SMILES string of the molecule is Cc1nc2c(s1)C(N(C)C(=O)c1cc(C(=O)O)co1)CCC2. The second kappa shape index (κ2) is 5.57. The molecular formula is C15H16N2O4S. The van der Waals surface area contributed by atoms with Crippen LogP contribution in [0.5, 0.6) is 0 Å². The summed E-state index contributed by atoms with van der Waals surface area (Å²) in [6.45, 7) is 1.97. The van der Waals surface area contributed by atoms with Crippen LogP contribution in [-0.2, 0) is 6.42 Å². The number of hydrogen-bond acceptors (Lipinski definition) is 5. The van der Waals surface area contributed by atoms with Crippen LogP contribution >= 0.6 is 11.3 Å². The predicted molar refractivity (Wildman–Crippen MR) is 80.3 cm³/mol. The molecule has 22 heavy (non-hydrogen) atoms. The third-order valence-electron chi connectivity index (χ3n) is 3.87. The largest absolute Gasteiger partial charge is 0.478 e. The molecule has 2 aromatic heterocycles. The zero-order valence-corrected chi connectivity index (χ0v) is 13.1.